The summed E-state index contributed by atoms with van der Waals surface area (Å²) < 4.78 is 0. The van der Waals surface area contributed by atoms with E-state index in [1.165, 1.54) is 10.9 Å². The van der Waals surface area contributed by atoms with Crippen LogP contribution in [0.4, 0.5) is 0 Å². The van der Waals surface area contributed by atoms with Crippen molar-refractivity contribution in [1.82, 2.24) is 9.88 Å². The second-order valence-corrected chi connectivity index (χ2v) is 6.39. The molecule has 1 aromatic heterocycles. The molecule has 0 saturated carbocycles. The number of hydrogen-bond donors (Lipinski definition) is 0. The van der Waals surface area contributed by atoms with Crippen molar-refractivity contribution in [2.75, 3.05) is 13.1 Å². The number of hydrogen-bond acceptors (Lipinski definition) is 3. The van der Waals surface area contributed by atoms with E-state index in [9.17, 15) is 5.26 Å². The number of piperidine rings is 1. The molecular formula is C18H21N3. The lowest BCUT2D eigenvalue weighted by molar-refractivity contribution is 0.151. The number of nitrogens with zero attached hydrogens (tertiary/aromatic N) is 3. The summed E-state index contributed by atoms with van der Waals surface area (Å²) in [5, 5.41) is 10.5. The Morgan fingerprint density at radius 2 is 2.00 bits per heavy atom. The van der Waals surface area contributed by atoms with Crippen molar-refractivity contribution in [3.8, 4) is 6.07 Å². The lowest BCUT2D eigenvalue weighted by atomic mass is 9.82. The second-order valence-electron chi connectivity index (χ2n) is 6.39. The summed E-state index contributed by atoms with van der Waals surface area (Å²) in [4.78, 5) is 7.06. The average molecular weight is 279 g/mol. The number of nitriles is 1. The first-order chi connectivity index (χ1) is 10.1. The summed E-state index contributed by atoms with van der Waals surface area (Å²) in [6, 6.07) is 13.0. The molecule has 1 aliphatic heterocycles. The van der Waals surface area contributed by atoms with Crippen molar-refractivity contribution >= 4 is 10.9 Å². The lowest BCUT2D eigenvalue weighted by Gasteiger charge is -2.35. The number of pyridine rings is 1. The molecule has 2 heterocycles. The Morgan fingerprint density at radius 3 is 2.71 bits per heavy atom. The lowest BCUT2D eigenvalue weighted by Crippen LogP contribution is -2.37. The van der Waals surface area contributed by atoms with Crippen molar-refractivity contribution in [3.05, 3.63) is 41.6 Å². The first-order valence-corrected chi connectivity index (χ1v) is 7.58. The number of para-hydroxylation sites is 1. The molecule has 1 saturated heterocycles. The van der Waals surface area contributed by atoms with Crippen molar-refractivity contribution < 1.29 is 0 Å². The van der Waals surface area contributed by atoms with Gasteiger partial charge in [-0.05, 0) is 57.5 Å². The van der Waals surface area contributed by atoms with Crippen LogP contribution in [0.3, 0.4) is 0 Å². The minimum absolute atomic E-state index is 0.132. The molecule has 0 radical (unpaired) electrons. The van der Waals surface area contributed by atoms with Gasteiger partial charge >= 0.3 is 0 Å². The van der Waals surface area contributed by atoms with Gasteiger partial charge in [-0.3, -0.25) is 9.88 Å². The molecule has 2 aromatic rings. The van der Waals surface area contributed by atoms with Gasteiger partial charge in [-0.2, -0.15) is 5.26 Å². The van der Waals surface area contributed by atoms with Gasteiger partial charge in [0.15, 0.2) is 0 Å². The van der Waals surface area contributed by atoms with Gasteiger partial charge in [-0.15, -0.1) is 0 Å². The molecule has 0 unspecified atom stereocenters. The molecule has 108 valence electrons. The first kappa shape index (κ1) is 14.0. The van der Waals surface area contributed by atoms with Crippen molar-refractivity contribution in [1.29, 1.82) is 5.26 Å². The maximum Gasteiger partial charge on any atom is 0.0708 e. The zero-order chi connectivity index (χ0) is 14.9. The fourth-order valence-corrected chi connectivity index (χ4v) is 3.08. The molecule has 0 atom stereocenters. The van der Waals surface area contributed by atoms with Crippen LogP contribution in [-0.4, -0.2) is 23.0 Å². The fourth-order valence-electron chi connectivity index (χ4n) is 3.08. The normalized spacial score (nSPS) is 18.5. The van der Waals surface area contributed by atoms with E-state index in [1.807, 2.05) is 6.07 Å². The molecule has 3 nitrogen and oxygen atoms in total. The van der Waals surface area contributed by atoms with E-state index in [-0.39, 0.29) is 5.41 Å². The number of aryl methyl sites for hydroxylation is 1. The van der Waals surface area contributed by atoms with E-state index in [0.717, 1.165) is 43.7 Å². The predicted octanol–water partition coefficient (Wildman–Crippen LogP) is 3.67. The van der Waals surface area contributed by atoms with Gasteiger partial charge in [0, 0.05) is 17.6 Å². The van der Waals surface area contributed by atoms with Crippen molar-refractivity contribution in [2.45, 2.75) is 33.2 Å². The van der Waals surface area contributed by atoms with Crippen molar-refractivity contribution in [2.24, 2.45) is 5.41 Å². The molecule has 0 aliphatic carbocycles. The summed E-state index contributed by atoms with van der Waals surface area (Å²) in [6.07, 6.45) is 1.93. The summed E-state index contributed by atoms with van der Waals surface area (Å²) in [6.45, 7) is 7.08. The highest BCUT2D eigenvalue weighted by atomic mass is 15.1. The predicted molar refractivity (Wildman–Crippen MR) is 84.7 cm³/mol. The molecule has 1 aromatic carbocycles. The van der Waals surface area contributed by atoms with Crippen LogP contribution in [-0.2, 0) is 6.54 Å². The minimum atomic E-state index is -0.132. The fraction of sp³-hybridized carbons (Fsp3) is 0.444. The molecule has 1 aliphatic rings. The van der Waals surface area contributed by atoms with Crippen molar-refractivity contribution in [3.63, 3.8) is 0 Å². The zero-order valence-corrected chi connectivity index (χ0v) is 12.8. The Balaban J connectivity index is 1.82. The monoisotopic (exact) mass is 279 g/mol. The molecule has 0 amide bonds. The first-order valence-electron chi connectivity index (χ1n) is 7.58. The Morgan fingerprint density at radius 1 is 1.29 bits per heavy atom. The summed E-state index contributed by atoms with van der Waals surface area (Å²) in [7, 11) is 0. The Bertz CT molecular complexity index is 691. The standard InChI is InChI=1S/C18H21N3/c1-14-11-15(16-5-3-4-6-17(16)20-14)12-21-9-7-18(2,13-19)8-10-21/h3-6,11H,7-10,12H2,1-2H3. The van der Waals surface area contributed by atoms with E-state index in [1.54, 1.807) is 0 Å². The van der Waals surface area contributed by atoms with E-state index in [4.69, 9.17) is 0 Å². The van der Waals surface area contributed by atoms with Gasteiger partial charge < -0.3 is 0 Å². The zero-order valence-electron chi connectivity index (χ0n) is 12.8. The quantitative estimate of drug-likeness (QED) is 0.842. The third-order valence-electron chi connectivity index (χ3n) is 4.55. The van der Waals surface area contributed by atoms with Crippen LogP contribution in [0.25, 0.3) is 10.9 Å². The van der Waals surface area contributed by atoms with Gasteiger partial charge in [0.05, 0.1) is 17.0 Å². The van der Waals surface area contributed by atoms with Crippen LogP contribution < -0.4 is 0 Å². The number of fused-ring (bicyclic) bond motifs is 1. The molecule has 0 spiro atoms. The summed E-state index contributed by atoms with van der Waals surface area (Å²) in [5.74, 6) is 0. The summed E-state index contributed by atoms with van der Waals surface area (Å²) in [5.41, 5.74) is 3.36. The van der Waals surface area contributed by atoms with Gasteiger partial charge in [-0.1, -0.05) is 18.2 Å². The molecule has 3 heteroatoms. The minimum Gasteiger partial charge on any atom is -0.299 e. The summed E-state index contributed by atoms with van der Waals surface area (Å²) >= 11 is 0. The number of benzene rings is 1. The highest BCUT2D eigenvalue weighted by Crippen LogP contribution is 2.31. The maximum atomic E-state index is 9.23. The van der Waals surface area contributed by atoms with Crippen LogP contribution in [0.1, 0.15) is 31.0 Å². The van der Waals surface area contributed by atoms with E-state index in [2.05, 4.69) is 54.1 Å². The molecular weight excluding hydrogens is 258 g/mol. The molecule has 0 N–H and O–H groups in total. The Labute approximate surface area is 126 Å². The Hall–Kier alpha value is -1.92. The molecule has 1 fully saturated rings. The van der Waals surface area contributed by atoms with Gasteiger partial charge in [0.25, 0.3) is 0 Å². The van der Waals surface area contributed by atoms with E-state index >= 15 is 0 Å². The third kappa shape index (κ3) is 2.91. The van der Waals surface area contributed by atoms with E-state index < -0.39 is 0 Å². The van der Waals surface area contributed by atoms with Crippen LogP contribution in [0.15, 0.2) is 30.3 Å². The number of aromatic nitrogens is 1. The molecule has 21 heavy (non-hydrogen) atoms. The molecule has 3 rings (SSSR count). The van der Waals surface area contributed by atoms with Crippen LogP contribution in [0.2, 0.25) is 0 Å². The van der Waals surface area contributed by atoms with Crippen LogP contribution in [0.5, 0.6) is 0 Å². The smallest absolute Gasteiger partial charge is 0.0708 e. The van der Waals surface area contributed by atoms with Gasteiger partial charge in [-0.25, -0.2) is 0 Å². The van der Waals surface area contributed by atoms with Crippen LogP contribution >= 0.6 is 0 Å². The Kier molecular flexibility index (Phi) is 3.65. The third-order valence-corrected chi connectivity index (χ3v) is 4.55. The van der Waals surface area contributed by atoms with Crippen LogP contribution in [0, 0.1) is 23.7 Å². The topological polar surface area (TPSA) is 39.9 Å². The van der Waals surface area contributed by atoms with E-state index in [0.29, 0.717) is 0 Å². The number of rotatable bonds is 2. The second kappa shape index (κ2) is 5.46. The maximum absolute atomic E-state index is 9.23. The largest absolute Gasteiger partial charge is 0.299 e. The highest BCUT2D eigenvalue weighted by molar-refractivity contribution is 5.82. The number of likely N-dealkylation sites (tertiary alicyclic amines) is 1. The van der Waals surface area contributed by atoms with Gasteiger partial charge in [0.2, 0.25) is 0 Å². The average Bonchev–Trinajstić information content (AvgIpc) is 2.49. The highest BCUT2D eigenvalue weighted by Gasteiger charge is 2.29. The molecule has 0 bridgehead atoms. The van der Waals surface area contributed by atoms with Gasteiger partial charge in [0.1, 0.15) is 0 Å². The SMILES string of the molecule is Cc1cc(CN2CCC(C)(C#N)CC2)c2ccccc2n1.